The SMILES string of the molecule is Cc1ccccc1CN(C)C(=O)COc1ccccc1CO. The van der Waals surface area contributed by atoms with E-state index in [1.165, 1.54) is 0 Å². The summed E-state index contributed by atoms with van der Waals surface area (Å²) in [6.45, 7) is 2.43. The molecular formula is C18H21NO3. The van der Waals surface area contributed by atoms with Gasteiger partial charge >= 0.3 is 0 Å². The third kappa shape index (κ3) is 4.09. The number of ether oxygens (including phenoxy) is 1. The van der Waals surface area contributed by atoms with Gasteiger partial charge in [-0.15, -0.1) is 0 Å². The molecule has 0 radical (unpaired) electrons. The Bertz CT molecular complexity index is 640. The van der Waals surface area contributed by atoms with Gasteiger partial charge < -0.3 is 14.7 Å². The van der Waals surface area contributed by atoms with Gasteiger partial charge in [-0.1, -0.05) is 42.5 Å². The van der Waals surface area contributed by atoms with E-state index in [0.717, 1.165) is 11.1 Å². The molecule has 1 N–H and O–H groups in total. The number of hydrogen-bond donors (Lipinski definition) is 1. The van der Waals surface area contributed by atoms with Crippen LogP contribution in [0.3, 0.4) is 0 Å². The summed E-state index contributed by atoms with van der Waals surface area (Å²) in [4.78, 5) is 13.8. The fourth-order valence-corrected chi connectivity index (χ4v) is 2.16. The van der Waals surface area contributed by atoms with Gasteiger partial charge in [-0.05, 0) is 24.1 Å². The molecule has 0 aliphatic rings. The van der Waals surface area contributed by atoms with E-state index in [2.05, 4.69) is 0 Å². The number of likely N-dealkylation sites (N-methyl/N-ethyl adjacent to an activating group) is 1. The minimum absolute atomic E-state index is 0.0423. The van der Waals surface area contributed by atoms with E-state index in [9.17, 15) is 9.90 Å². The second-order valence-electron chi connectivity index (χ2n) is 5.23. The smallest absolute Gasteiger partial charge is 0.260 e. The monoisotopic (exact) mass is 299 g/mol. The van der Waals surface area contributed by atoms with Crippen LogP contribution in [-0.4, -0.2) is 29.6 Å². The molecular weight excluding hydrogens is 278 g/mol. The van der Waals surface area contributed by atoms with E-state index < -0.39 is 0 Å². The molecule has 2 aromatic carbocycles. The zero-order valence-corrected chi connectivity index (χ0v) is 13.0. The molecule has 4 heteroatoms. The Morgan fingerprint density at radius 1 is 1.09 bits per heavy atom. The lowest BCUT2D eigenvalue weighted by atomic mass is 10.1. The van der Waals surface area contributed by atoms with Crippen molar-refractivity contribution in [2.24, 2.45) is 0 Å². The van der Waals surface area contributed by atoms with Crippen molar-refractivity contribution in [3.63, 3.8) is 0 Å². The molecule has 0 saturated carbocycles. The number of benzene rings is 2. The third-order valence-electron chi connectivity index (χ3n) is 3.59. The number of hydrogen-bond acceptors (Lipinski definition) is 3. The standard InChI is InChI=1S/C18H21NO3/c1-14-7-3-4-8-15(14)11-19(2)18(21)13-22-17-10-6-5-9-16(17)12-20/h3-10,20H,11-13H2,1-2H3. The molecule has 0 fully saturated rings. The quantitative estimate of drug-likeness (QED) is 0.891. The Hall–Kier alpha value is -2.33. The van der Waals surface area contributed by atoms with Gasteiger partial charge in [-0.25, -0.2) is 0 Å². The van der Waals surface area contributed by atoms with Crippen LogP contribution in [0, 0.1) is 6.92 Å². The molecule has 0 bridgehead atoms. The van der Waals surface area contributed by atoms with E-state index >= 15 is 0 Å². The Morgan fingerprint density at radius 3 is 2.41 bits per heavy atom. The number of aliphatic hydroxyl groups excluding tert-OH is 1. The van der Waals surface area contributed by atoms with Gasteiger partial charge in [0.1, 0.15) is 5.75 Å². The van der Waals surface area contributed by atoms with Crippen LogP contribution in [0.15, 0.2) is 48.5 Å². The first-order chi connectivity index (χ1) is 10.6. The predicted octanol–water partition coefficient (Wildman–Crippen LogP) is 2.52. The van der Waals surface area contributed by atoms with E-state index in [1.54, 1.807) is 24.1 Å². The van der Waals surface area contributed by atoms with Gasteiger partial charge in [-0.3, -0.25) is 4.79 Å². The number of carbonyl (C=O) groups is 1. The maximum atomic E-state index is 12.2. The van der Waals surface area contributed by atoms with Gasteiger partial charge in [-0.2, -0.15) is 0 Å². The normalized spacial score (nSPS) is 10.3. The van der Waals surface area contributed by atoms with Crippen LogP contribution in [0.4, 0.5) is 0 Å². The summed E-state index contributed by atoms with van der Waals surface area (Å²) in [5.74, 6) is 0.443. The summed E-state index contributed by atoms with van der Waals surface area (Å²) in [6, 6.07) is 15.2. The minimum atomic E-state index is -0.108. The number of rotatable bonds is 6. The highest BCUT2D eigenvalue weighted by Gasteiger charge is 2.12. The highest BCUT2D eigenvalue weighted by molar-refractivity contribution is 5.77. The number of aryl methyl sites for hydroxylation is 1. The summed E-state index contributed by atoms with van der Waals surface area (Å²) in [5, 5.41) is 9.24. The highest BCUT2D eigenvalue weighted by Crippen LogP contribution is 2.17. The van der Waals surface area contributed by atoms with Crippen molar-refractivity contribution in [2.75, 3.05) is 13.7 Å². The Labute approximate surface area is 131 Å². The summed E-state index contributed by atoms with van der Waals surface area (Å²) in [7, 11) is 1.76. The van der Waals surface area contributed by atoms with E-state index in [1.807, 2.05) is 43.3 Å². The molecule has 4 nitrogen and oxygen atoms in total. The number of carbonyl (C=O) groups excluding carboxylic acids is 1. The zero-order valence-electron chi connectivity index (χ0n) is 13.0. The molecule has 2 rings (SSSR count). The first kappa shape index (κ1) is 16.0. The van der Waals surface area contributed by atoms with Crippen LogP contribution in [0.5, 0.6) is 5.75 Å². The van der Waals surface area contributed by atoms with Crippen LogP contribution in [0.2, 0.25) is 0 Å². The average Bonchev–Trinajstić information content (AvgIpc) is 2.54. The molecule has 2 aromatic rings. The molecule has 0 heterocycles. The van der Waals surface area contributed by atoms with Crippen molar-refractivity contribution in [1.82, 2.24) is 4.90 Å². The molecule has 0 unspecified atom stereocenters. The van der Waals surface area contributed by atoms with Crippen LogP contribution in [0.25, 0.3) is 0 Å². The molecule has 0 atom stereocenters. The highest BCUT2D eigenvalue weighted by atomic mass is 16.5. The topological polar surface area (TPSA) is 49.8 Å². The van der Waals surface area contributed by atoms with Crippen LogP contribution < -0.4 is 4.74 Å². The van der Waals surface area contributed by atoms with Crippen LogP contribution in [0.1, 0.15) is 16.7 Å². The van der Waals surface area contributed by atoms with Gasteiger partial charge in [0, 0.05) is 19.2 Å². The molecule has 0 saturated heterocycles. The summed E-state index contributed by atoms with van der Waals surface area (Å²) >= 11 is 0. The Kier molecular flexibility index (Phi) is 5.55. The number of para-hydroxylation sites is 1. The van der Waals surface area contributed by atoms with Crippen molar-refractivity contribution in [3.8, 4) is 5.75 Å². The average molecular weight is 299 g/mol. The lowest BCUT2D eigenvalue weighted by Crippen LogP contribution is -2.31. The van der Waals surface area contributed by atoms with E-state index in [4.69, 9.17) is 4.74 Å². The maximum absolute atomic E-state index is 12.2. The van der Waals surface area contributed by atoms with Gasteiger partial charge in [0.05, 0.1) is 6.61 Å². The minimum Gasteiger partial charge on any atom is -0.483 e. The van der Waals surface area contributed by atoms with Gasteiger partial charge in [0.25, 0.3) is 5.91 Å². The zero-order chi connectivity index (χ0) is 15.9. The van der Waals surface area contributed by atoms with Crippen molar-refractivity contribution in [1.29, 1.82) is 0 Å². The summed E-state index contributed by atoms with van der Waals surface area (Å²) < 4.78 is 5.53. The fourth-order valence-electron chi connectivity index (χ4n) is 2.16. The lowest BCUT2D eigenvalue weighted by Gasteiger charge is -2.19. The summed E-state index contributed by atoms with van der Waals surface area (Å²) in [5.41, 5.74) is 2.96. The van der Waals surface area contributed by atoms with Crippen molar-refractivity contribution in [2.45, 2.75) is 20.1 Å². The molecule has 22 heavy (non-hydrogen) atoms. The molecule has 0 spiro atoms. The van der Waals surface area contributed by atoms with Crippen molar-refractivity contribution >= 4 is 5.91 Å². The predicted molar refractivity (Wildman–Crippen MR) is 85.5 cm³/mol. The number of aliphatic hydroxyl groups is 1. The number of nitrogens with zero attached hydrogens (tertiary/aromatic N) is 1. The lowest BCUT2D eigenvalue weighted by molar-refractivity contribution is -0.132. The molecule has 0 aromatic heterocycles. The largest absolute Gasteiger partial charge is 0.483 e. The van der Waals surface area contributed by atoms with Gasteiger partial charge in [0.15, 0.2) is 6.61 Å². The molecule has 0 aliphatic heterocycles. The van der Waals surface area contributed by atoms with Crippen LogP contribution in [-0.2, 0) is 17.9 Å². The van der Waals surface area contributed by atoms with E-state index in [-0.39, 0.29) is 19.1 Å². The fraction of sp³-hybridized carbons (Fsp3) is 0.278. The first-order valence-corrected chi connectivity index (χ1v) is 7.22. The van der Waals surface area contributed by atoms with E-state index in [0.29, 0.717) is 17.9 Å². The van der Waals surface area contributed by atoms with Crippen molar-refractivity contribution < 1.29 is 14.6 Å². The summed E-state index contributed by atoms with van der Waals surface area (Å²) in [6.07, 6.45) is 0. The first-order valence-electron chi connectivity index (χ1n) is 7.22. The third-order valence-corrected chi connectivity index (χ3v) is 3.59. The Morgan fingerprint density at radius 2 is 1.73 bits per heavy atom. The second kappa shape index (κ2) is 7.61. The Balaban J connectivity index is 1.93. The molecule has 116 valence electrons. The van der Waals surface area contributed by atoms with Gasteiger partial charge in [0.2, 0.25) is 0 Å². The number of amides is 1. The molecule has 1 amide bonds. The molecule has 0 aliphatic carbocycles. The second-order valence-corrected chi connectivity index (χ2v) is 5.23. The maximum Gasteiger partial charge on any atom is 0.260 e. The van der Waals surface area contributed by atoms with Crippen LogP contribution >= 0.6 is 0 Å². The van der Waals surface area contributed by atoms with Crippen molar-refractivity contribution in [3.05, 3.63) is 65.2 Å².